The fourth-order valence-corrected chi connectivity index (χ4v) is 3.68. The van der Waals surface area contributed by atoms with E-state index >= 15 is 0 Å². The van der Waals surface area contributed by atoms with Crippen molar-refractivity contribution < 1.29 is 13.9 Å². The van der Waals surface area contributed by atoms with Crippen LogP contribution in [0.5, 0.6) is 5.75 Å². The summed E-state index contributed by atoms with van der Waals surface area (Å²) < 4.78 is 13.3. The molecule has 0 saturated carbocycles. The summed E-state index contributed by atoms with van der Waals surface area (Å²) in [7, 11) is 0. The molecule has 1 amide bonds. The smallest absolute Gasteiger partial charge is 0.291 e. The third kappa shape index (κ3) is 3.85. The molecule has 0 bridgehead atoms. The first-order valence-corrected chi connectivity index (χ1v) is 9.99. The molecule has 4 aromatic rings. The monoisotopic (exact) mass is 399 g/mol. The van der Waals surface area contributed by atoms with Crippen molar-refractivity contribution in [2.45, 2.75) is 25.9 Å². The van der Waals surface area contributed by atoms with Crippen molar-refractivity contribution in [1.82, 2.24) is 9.78 Å². The predicted octanol–water partition coefficient (Wildman–Crippen LogP) is 4.79. The molecule has 0 fully saturated rings. The summed E-state index contributed by atoms with van der Waals surface area (Å²) in [6, 6.07) is 19.0. The number of nitrogens with zero attached hydrogens (tertiary/aromatic N) is 2. The summed E-state index contributed by atoms with van der Waals surface area (Å²) in [5, 5.41) is 7.03. The first-order chi connectivity index (χ1) is 14.7. The van der Waals surface area contributed by atoms with Crippen LogP contribution in [0.1, 0.15) is 33.9 Å². The summed E-state index contributed by atoms with van der Waals surface area (Å²) in [4.78, 5) is 12.5. The number of hydrogen-bond acceptors (Lipinski definition) is 4. The standard InChI is InChI=1S/C24H21N3O3/c28-24(26-19-6-8-20(9-7-19)27-14-2-13-25-27)23-12-11-22(30-23)16-29-21-10-5-17-3-1-4-18(17)15-21/h2,5-15H,1,3-4,16H2,(H,26,28). The zero-order valence-electron chi connectivity index (χ0n) is 16.4. The molecular formula is C24H21N3O3. The maximum atomic E-state index is 12.5. The normalized spacial score (nSPS) is 12.5. The van der Waals surface area contributed by atoms with Crippen LogP contribution in [0, 0.1) is 0 Å². The molecule has 2 aromatic heterocycles. The molecule has 2 heterocycles. The van der Waals surface area contributed by atoms with Gasteiger partial charge in [0.1, 0.15) is 18.1 Å². The van der Waals surface area contributed by atoms with Crippen LogP contribution in [0.25, 0.3) is 5.69 Å². The number of amides is 1. The Morgan fingerprint density at radius 1 is 1.07 bits per heavy atom. The number of hydrogen-bond donors (Lipinski definition) is 1. The SMILES string of the molecule is O=C(Nc1ccc(-n2cccn2)cc1)c1ccc(COc2ccc3c(c2)CCC3)o1. The molecule has 0 spiro atoms. The first kappa shape index (κ1) is 18.2. The van der Waals surface area contributed by atoms with Crippen molar-refractivity contribution in [2.24, 2.45) is 0 Å². The van der Waals surface area contributed by atoms with Gasteiger partial charge in [0.25, 0.3) is 5.91 Å². The Hall–Kier alpha value is -3.80. The summed E-state index contributed by atoms with van der Waals surface area (Å²) >= 11 is 0. The topological polar surface area (TPSA) is 69.3 Å². The number of fused-ring (bicyclic) bond motifs is 1. The van der Waals surface area contributed by atoms with Crippen LogP contribution in [-0.2, 0) is 19.4 Å². The van der Waals surface area contributed by atoms with Crippen LogP contribution in [0.3, 0.4) is 0 Å². The average Bonchev–Trinajstić information content (AvgIpc) is 3.54. The van der Waals surface area contributed by atoms with E-state index in [1.54, 1.807) is 23.0 Å². The van der Waals surface area contributed by atoms with E-state index in [4.69, 9.17) is 9.15 Å². The van der Waals surface area contributed by atoms with Crippen molar-refractivity contribution in [3.63, 3.8) is 0 Å². The van der Waals surface area contributed by atoms with Crippen molar-refractivity contribution in [1.29, 1.82) is 0 Å². The fraction of sp³-hybridized carbons (Fsp3) is 0.167. The number of benzene rings is 2. The molecule has 2 aromatic carbocycles. The van der Waals surface area contributed by atoms with E-state index in [-0.39, 0.29) is 18.3 Å². The maximum absolute atomic E-state index is 12.5. The van der Waals surface area contributed by atoms with Gasteiger partial charge in [-0.1, -0.05) is 6.07 Å². The van der Waals surface area contributed by atoms with Gasteiger partial charge in [0, 0.05) is 18.1 Å². The summed E-state index contributed by atoms with van der Waals surface area (Å²) in [5.74, 6) is 1.38. The molecule has 30 heavy (non-hydrogen) atoms. The van der Waals surface area contributed by atoms with Gasteiger partial charge in [-0.15, -0.1) is 0 Å². The van der Waals surface area contributed by atoms with Gasteiger partial charge < -0.3 is 14.5 Å². The Morgan fingerprint density at radius 3 is 2.77 bits per heavy atom. The minimum absolute atomic E-state index is 0.249. The minimum Gasteiger partial charge on any atom is -0.486 e. The third-order valence-electron chi connectivity index (χ3n) is 5.23. The van der Waals surface area contributed by atoms with Crippen LogP contribution in [0.4, 0.5) is 5.69 Å². The highest BCUT2D eigenvalue weighted by atomic mass is 16.5. The lowest BCUT2D eigenvalue weighted by molar-refractivity contribution is 0.0992. The lowest BCUT2D eigenvalue weighted by atomic mass is 10.1. The predicted molar refractivity (Wildman–Crippen MR) is 113 cm³/mol. The molecular weight excluding hydrogens is 378 g/mol. The summed E-state index contributed by atoms with van der Waals surface area (Å²) in [6.07, 6.45) is 7.06. The second-order valence-electron chi connectivity index (χ2n) is 7.29. The number of carbonyl (C=O) groups is 1. The second-order valence-corrected chi connectivity index (χ2v) is 7.29. The number of ether oxygens (including phenoxy) is 1. The van der Waals surface area contributed by atoms with Gasteiger partial charge in [-0.2, -0.15) is 5.10 Å². The molecule has 150 valence electrons. The Bertz CT molecular complexity index is 1160. The zero-order chi connectivity index (χ0) is 20.3. The quantitative estimate of drug-likeness (QED) is 0.506. The van der Waals surface area contributed by atoms with E-state index in [1.165, 1.54) is 17.5 Å². The van der Waals surface area contributed by atoms with Crippen molar-refractivity contribution in [2.75, 3.05) is 5.32 Å². The molecule has 6 nitrogen and oxygen atoms in total. The molecule has 0 saturated heterocycles. The first-order valence-electron chi connectivity index (χ1n) is 9.99. The van der Waals surface area contributed by atoms with Crippen LogP contribution < -0.4 is 10.1 Å². The number of carbonyl (C=O) groups excluding carboxylic acids is 1. The molecule has 0 aliphatic heterocycles. The van der Waals surface area contributed by atoms with Gasteiger partial charge in [0.2, 0.25) is 0 Å². The number of nitrogens with one attached hydrogen (secondary N) is 1. The number of aromatic nitrogens is 2. The Kier molecular flexibility index (Phi) is 4.81. The maximum Gasteiger partial charge on any atom is 0.291 e. The molecule has 0 radical (unpaired) electrons. The zero-order valence-corrected chi connectivity index (χ0v) is 16.4. The second kappa shape index (κ2) is 7.91. The van der Waals surface area contributed by atoms with E-state index < -0.39 is 0 Å². The molecule has 1 N–H and O–H groups in total. The lowest BCUT2D eigenvalue weighted by Crippen LogP contribution is -2.11. The number of furan rings is 1. The third-order valence-corrected chi connectivity index (χ3v) is 5.23. The number of rotatable bonds is 6. The Balaban J connectivity index is 1.19. The highest BCUT2D eigenvalue weighted by molar-refractivity contribution is 6.02. The van der Waals surface area contributed by atoms with Crippen molar-refractivity contribution in [3.8, 4) is 11.4 Å². The molecule has 0 unspecified atom stereocenters. The van der Waals surface area contributed by atoms with E-state index in [1.807, 2.05) is 42.6 Å². The Labute approximate surface area is 174 Å². The molecule has 1 aliphatic rings. The Morgan fingerprint density at radius 2 is 1.93 bits per heavy atom. The van der Waals surface area contributed by atoms with E-state index in [0.717, 1.165) is 24.3 Å². The fourth-order valence-electron chi connectivity index (χ4n) is 3.68. The lowest BCUT2D eigenvalue weighted by Gasteiger charge is -2.07. The van der Waals surface area contributed by atoms with Gasteiger partial charge in [0.05, 0.1) is 5.69 Å². The van der Waals surface area contributed by atoms with E-state index in [9.17, 15) is 4.79 Å². The van der Waals surface area contributed by atoms with Crippen LogP contribution in [0.15, 0.2) is 77.5 Å². The van der Waals surface area contributed by atoms with Crippen molar-refractivity contribution in [3.05, 3.63) is 95.7 Å². The van der Waals surface area contributed by atoms with E-state index in [2.05, 4.69) is 22.5 Å². The highest BCUT2D eigenvalue weighted by Gasteiger charge is 2.14. The van der Waals surface area contributed by atoms with Crippen LogP contribution >= 0.6 is 0 Å². The molecule has 5 rings (SSSR count). The summed E-state index contributed by atoms with van der Waals surface area (Å²) in [6.45, 7) is 0.282. The van der Waals surface area contributed by atoms with Crippen molar-refractivity contribution >= 4 is 11.6 Å². The minimum atomic E-state index is -0.300. The van der Waals surface area contributed by atoms with Crippen LogP contribution in [-0.4, -0.2) is 15.7 Å². The highest BCUT2D eigenvalue weighted by Crippen LogP contribution is 2.26. The average molecular weight is 399 g/mol. The number of anilines is 1. The van der Waals surface area contributed by atoms with E-state index in [0.29, 0.717) is 11.4 Å². The molecule has 0 atom stereocenters. The van der Waals surface area contributed by atoms with Gasteiger partial charge in [-0.25, -0.2) is 4.68 Å². The number of aryl methyl sites for hydroxylation is 2. The van der Waals surface area contributed by atoms with Gasteiger partial charge in [-0.3, -0.25) is 4.79 Å². The van der Waals surface area contributed by atoms with Crippen LogP contribution in [0.2, 0.25) is 0 Å². The van der Waals surface area contributed by atoms with Gasteiger partial charge in [-0.05, 0) is 85.0 Å². The van der Waals surface area contributed by atoms with Gasteiger partial charge in [0.15, 0.2) is 5.76 Å². The largest absolute Gasteiger partial charge is 0.486 e. The summed E-state index contributed by atoms with van der Waals surface area (Å²) in [5.41, 5.74) is 4.38. The molecule has 1 aliphatic carbocycles. The van der Waals surface area contributed by atoms with Gasteiger partial charge >= 0.3 is 0 Å². The molecule has 6 heteroatoms.